The monoisotopic (exact) mass is 686 g/mol. The van der Waals surface area contributed by atoms with Crippen molar-refractivity contribution in [1.82, 2.24) is 24.8 Å². The molecule has 250 valence electrons. The number of nitrogens with zero attached hydrogens (tertiary/aromatic N) is 6. The lowest BCUT2D eigenvalue weighted by Crippen LogP contribution is -2.55. The highest BCUT2D eigenvalue weighted by molar-refractivity contribution is 7.16. The molecule has 0 radical (unpaired) electrons. The maximum absolute atomic E-state index is 16.0. The molecule has 2 aromatic heterocycles. The van der Waals surface area contributed by atoms with Gasteiger partial charge < -0.3 is 25.8 Å². The quantitative estimate of drug-likeness (QED) is 0.235. The van der Waals surface area contributed by atoms with Gasteiger partial charge in [0.15, 0.2) is 16.8 Å². The molecule has 4 N–H and O–H groups in total. The minimum absolute atomic E-state index is 0.0245. The van der Waals surface area contributed by atoms with Gasteiger partial charge in [-0.1, -0.05) is 22.9 Å². The summed E-state index contributed by atoms with van der Waals surface area (Å²) >= 11 is 7.28. The van der Waals surface area contributed by atoms with E-state index in [2.05, 4.69) is 25.2 Å². The van der Waals surface area contributed by atoms with Crippen LogP contribution in [-0.2, 0) is 22.3 Å². The normalized spacial score (nSPS) is 21.2. The molecular weight excluding hydrogens is 652 g/mol. The van der Waals surface area contributed by atoms with Gasteiger partial charge >= 0.3 is 12.1 Å². The molecule has 1 aromatic carbocycles. The summed E-state index contributed by atoms with van der Waals surface area (Å²) in [5.74, 6) is -1.73. The van der Waals surface area contributed by atoms with Gasteiger partial charge in [0.1, 0.15) is 6.33 Å². The molecule has 0 saturated carbocycles. The maximum Gasteiger partial charge on any atom is 0.416 e. The molecule has 0 unspecified atom stereocenters. The molecule has 5 rings (SSSR count). The molecule has 0 bridgehead atoms. The number of carboxylic acid groups (broad SMARTS) is 1. The third-order valence-corrected chi connectivity index (χ3v) is 9.44. The predicted octanol–water partition coefficient (Wildman–Crippen LogP) is 5.04. The Morgan fingerprint density at radius 1 is 1.24 bits per heavy atom. The molecule has 3 aromatic rings. The summed E-state index contributed by atoms with van der Waals surface area (Å²) in [6, 6.07) is 3.24. The van der Waals surface area contributed by atoms with Crippen LogP contribution in [0.3, 0.4) is 0 Å². The maximum atomic E-state index is 16.0. The third-order valence-electron chi connectivity index (χ3n) is 8.27. The van der Waals surface area contributed by atoms with E-state index in [4.69, 9.17) is 27.2 Å². The van der Waals surface area contributed by atoms with Crippen LogP contribution >= 0.6 is 22.9 Å². The van der Waals surface area contributed by atoms with E-state index >= 15 is 4.39 Å². The van der Waals surface area contributed by atoms with Crippen molar-refractivity contribution < 1.29 is 32.2 Å². The van der Waals surface area contributed by atoms with Gasteiger partial charge in [0.25, 0.3) is 0 Å². The van der Waals surface area contributed by atoms with Crippen LogP contribution in [-0.4, -0.2) is 94.0 Å². The van der Waals surface area contributed by atoms with Gasteiger partial charge in [-0.15, -0.1) is 0 Å². The molecule has 0 spiro atoms. The second kappa shape index (κ2) is 14.3. The van der Waals surface area contributed by atoms with Gasteiger partial charge in [0.2, 0.25) is 5.82 Å². The number of carboxylic acids is 1. The number of hydrogen-bond donors (Lipinski definition) is 3. The summed E-state index contributed by atoms with van der Waals surface area (Å²) in [6.07, 6.45) is -1.99. The lowest BCUT2D eigenvalue weighted by Gasteiger charge is -2.41. The van der Waals surface area contributed by atoms with Gasteiger partial charge in [-0.3, -0.25) is 14.6 Å². The summed E-state index contributed by atoms with van der Waals surface area (Å²) < 4.78 is 62.3. The first-order valence-corrected chi connectivity index (χ1v) is 15.9. The number of aliphatic carboxylic acids is 1. The van der Waals surface area contributed by atoms with Crippen molar-refractivity contribution >= 4 is 45.7 Å². The van der Waals surface area contributed by atoms with E-state index in [9.17, 15) is 18.0 Å². The van der Waals surface area contributed by atoms with Gasteiger partial charge in [-0.25, -0.2) is 15.0 Å². The average molecular weight is 687 g/mol. The van der Waals surface area contributed by atoms with Crippen LogP contribution in [0, 0.1) is 5.82 Å². The standard InChI is InChI=1S/C29H35ClF4N8O3S/c1-16-3-4-22(35)42(16)13-21-25(17-9-18(29(32,33)34)11-19(30)10-17)38-28(46-21)39-26-24(31)27(37-15-36-26)41-8-7-40(6-5-23(43)44)20(12-41)14-45-2/h9-11,15-16,20,22H,3-8,12-14,35H2,1-2H3,(H,43,44)(H,36,37,38,39)/t16-,20+,22+/m1/s1. The van der Waals surface area contributed by atoms with E-state index in [0.29, 0.717) is 44.2 Å². The number of halogens is 5. The fourth-order valence-electron chi connectivity index (χ4n) is 5.88. The van der Waals surface area contributed by atoms with Crippen LogP contribution in [0.1, 0.15) is 36.6 Å². The molecule has 3 atom stereocenters. The first-order valence-electron chi connectivity index (χ1n) is 14.7. The SMILES string of the molecule is COC[C@@H]1CN(c2ncnc(Nc3nc(-c4cc(Cl)cc(C(F)(F)F)c4)c(CN4[C@H](C)CC[C@H]4N)s3)c2F)CCN1CCC(=O)O. The Hall–Kier alpha value is -3.15. The Bertz CT molecular complexity index is 1540. The fraction of sp³-hybridized carbons (Fsp3) is 0.517. The number of thiazole rings is 1. The Balaban J connectivity index is 1.44. The van der Waals surface area contributed by atoms with Crippen LogP contribution in [0.25, 0.3) is 11.3 Å². The van der Waals surface area contributed by atoms with Gasteiger partial charge in [0.05, 0.1) is 36.5 Å². The smallest absolute Gasteiger partial charge is 0.416 e. The van der Waals surface area contributed by atoms with Crippen molar-refractivity contribution in [3.05, 3.63) is 45.8 Å². The molecule has 0 amide bonds. The number of benzene rings is 1. The average Bonchev–Trinajstić information content (AvgIpc) is 3.54. The highest BCUT2D eigenvalue weighted by Crippen LogP contribution is 2.40. The van der Waals surface area contributed by atoms with Crippen molar-refractivity contribution in [2.24, 2.45) is 5.73 Å². The van der Waals surface area contributed by atoms with Gasteiger partial charge in [-0.05, 0) is 38.0 Å². The minimum Gasteiger partial charge on any atom is -0.481 e. The second-order valence-electron chi connectivity index (χ2n) is 11.4. The van der Waals surface area contributed by atoms with Gasteiger partial charge in [-0.2, -0.15) is 17.6 Å². The number of aromatic nitrogens is 3. The number of nitrogens with one attached hydrogen (secondary N) is 1. The Morgan fingerprint density at radius 2 is 2.02 bits per heavy atom. The second-order valence-corrected chi connectivity index (χ2v) is 12.9. The molecular formula is C29H35ClF4N8O3S. The van der Waals surface area contributed by atoms with Crippen molar-refractivity contribution in [3.8, 4) is 11.3 Å². The Kier molecular flexibility index (Phi) is 10.6. The lowest BCUT2D eigenvalue weighted by atomic mass is 10.1. The highest BCUT2D eigenvalue weighted by atomic mass is 35.5. The number of ether oxygens (including phenoxy) is 1. The topological polar surface area (TPSA) is 133 Å². The molecule has 4 heterocycles. The number of piperazine rings is 1. The van der Waals surface area contributed by atoms with E-state index in [1.54, 1.807) is 12.0 Å². The van der Waals surface area contributed by atoms with Crippen molar-refractivity contribution in [1.29, 1.82) is 0 Å². The number of hydrogen-bond acceptors (Lipinski definition) is 11. The molecule has 46 heavy (non-hydrogen) atoms. The minimum atomic E-state index is -4.62. The summed E-state index contributed by atoms with van der Waals surface area (Å²) in [5, 5.41) is 12.2. The Morgan fingerprint density at radius 3 is 2.70 bits per heavy atom. The summed E-state index contributed by atoms with van der Waals surface area (Å²) in [6.45, 7) is 4.23. The van der Waals surface area contributed by atoms with Crippen LogP contribution in [0.4, 0.5) is 34.3 Å². The van der Waals surface area contributed by atoms with Crippen LogP contribution in [0.2, 0.25) is 5.02 Å². The number of alkyl halides is 3. The molecule has 2 fully saturated rings. The van der Waals surface area contributed by atoms with Crippen LogP contribution in [0.5, 0.6) is 0 Å². The first kappa shape index (κ1) is 34.2. The van der Waals surface area contributed by atoms with E-state index < -0.39 is 23.5 Å². The number of likely N-dealkylation sites (tertiary alicyclic amines) is 1. The summed E-state index contributed by atoms with van der Waals surface area (Å²) in [7, 11) is 1.55. The molecule has 0 aliphatic carbocycles. The number of nitrogens with two attached hydrogens (primary N) is 1. The fourth-order valence-corrected chi connectivity index (χ4v) is 7.10. The van der Waals surface area contributed by atoms with E-state index in [-0.39, 0.29) is 57.7 Å². The van der Waals surface area contributed by atoms with Crippen molar-refractivity contribution in [2.45, 2.75) is 57.2 Å². The van der Waals surface area contributed by atoms with Crippen molar-refractivity contribution in [2.75, 3.05) is 50.1 Å². The molecule has 17 heteroatoms. The van der Waals surface area contributed by atoms with Crippen molar-refractivity contribution in [3.63, 3.8) is 0 Å². The number of anilines is 3. The first-order chi connectivity index (χ1) is 21.8. The highest BCUT2D eigenvalue weighted by Gasteiger charge is 2.34. The number of methoxy groups -OCH3 is 1. The predicted molar refractivity (Wildman–Crippen MR) is 167 cm³/mol. The lowest BCUT2D eigenvalue weighted by molar-refractivity contribution is -0.138. The molecule has 2 saturated heterocycles. The summed E-state index contributed by atoms with van der Waals surface area (Å²) in [4.78, 5) is 30.4. The zero-order chi connectivity index (χ0) is 33.2. The van der Waals surface area contributed by atoms with Crippen LogP contribution < -0.4 is 16.0 Å². The number of carbonyl (C=O) groups is 1. The summed E-state index contributed by atoms with van der Waals surface area (Å²) in [5.41, 5.74) is 5.88. The zero-order valence-electron chi connectivity index (χ0n) is 25.2. The van der Waals surface area contributed by atoms with E-state index in [0.717, 1.165) is 25.0 Å². The number of rotatable bonds is 11. The van der Waals surface area contributed by atoms with Crippen LogP contribution in [0.15, 0.2) is 24.5 Å². The zero-order valence-corrected chi connectivity index (χ0v) is 26.8. The third kappa shape index (κ3) is 7.86. The Labute approximate surface area is 272 Å². The molecule has 11 nitrogen and oxygen atoms in total. The van der Waals surface area contributed by atoms with Gasteiger partial charge in [0, 0.05) is 61.3 Å². The molecule has 2 aliphatic heterocycles. The largest absolute Gasteiger partial charge is 0.481 e. The van der Waals surface area contributed by atoms with E-state index in [1.807, 2.05) is 11.8 Å². The van der Waals surface area contributed by atoms with E-state index in [1.165, 1.54) is 23.7 Å². The molecule has 2 aliphatic rings.